The Hall–Kier alpha value is -4.19. The van der Waals surface area contributed by atoms with Crippen LogP contribution in [0.25, 0.3) is 5.69 Å². The van der Waals surface area contributed by atoms with Crippen LogP contribution in [0.3, 0.4) is 0 Å². The average molecular weight is 611 g/mol. The minimum Gasteiger partial charge on any atom is -0.463 e. The summed E-state index contributed by atoms with van der Waals surface area (Å²) in [5.74, 6) is -3.13. The van der Waals surface area contributed by atoms with E-state index >= 15 is 0 Å². The summed E-state index contributed by atoms with van der Waals surface area (Å²) in [4.78, 5) is 52.2. The van der Waals surface area contributed by atoms with E-state index in [1.54, 1.807) is 36.4 Å². The normalized spacial score (nSPS) is 26.6. The lowest BCUT2D eigenvalue weighted by molar-refractivity contribution is -0.122. The third-order valence-corrected chi connectivity index (χ3v) is 9.71. The molecule has 2 fully saturated rings. The lowest BCUT2D eigenvalue weighted by atomic mass is 9.65. The number of aliphatic hydroxyl groups excluding tert-OH is 1. The number of amides is 2. The number of para-hydroxylation sites is 1. The Kier molecular flexibility index (Phi) is 5.82. The van der Waals surface area contributed by atoms with Crippen LogP contribution in [0.15, 0.2) is 92.4 Å². The van der Waals surface area contributed by atoms with Crippen molar-refractivity contribution in [1.82, 2.24) is 13.9 Å². The van der Waals surface area contributed by atoms with Crippen LogP contribution in [0.5, 0.6) is 0 Å². The largest absolute Gasteiger partial charge is 0.463 e. The molecule has 1 saturated heterocycles. The molecule has 4 heterocycles. The molecule has 1 saturated carbocycles. The predicted octanol–water partition coefficient (Wildman–Crippen LogP) is 3.22. The summed E-state index contributed by atoms with van der Waals surface area (Å²) in [5.41, 5.74) is -0.376. The molecule has 2 aromatic carbocycles. The number of anilines is 1. The summed E-state index contributed by atoms with van der Waals surface area (Å²) in [6.07, 6.45) is 1.37. The van der Waals surface area contributed by atoms with Crippen molar-refractivity contribution in [1.29, 1.82) is 0 Å². The fraction of sp³-hybridized carbons (Fsp3) is 0.241. The maximum Gasteiger partial charge on any atom is 0.352 e. The van der Waals surface area contributed by atoms with Crippen molar-refractivity contribution in [3.8, 4) is 5.69 Å². The van der Waals surface area contributed by atoms with Gasteiger partial charge in [0.05, 0.1) is 29.9 Å². The Morgan fingerprint density at radius 3 is 2.29 bits per heavy atom. The van der Waals surface area contributed by atoms with Gasteiger partial charge >= 0.3 is 11.4 Å². The molecular formula is C29H21Cl2FN4O6. The standard InChI is InChI=1S/C29H21Cl2FN4O6/c30-28-14-21-20(12-13-33-26(40)35(27(41)36(21)33)17-4-2-1-3-5-17)23(22-11-10-19(15-37)42-22)29(28,31)25(39)34(24(28)38)18-8-6-16(32)7-9-18/h1-12,21,23,37H,13-15H2/t21-,23-,28-,29+/m1/s1. The number of aromatic nitrogens is 3. The number of imide groups is 1. The molecule has 42 heavy (non-hydrogen) atoms. The van der Waals surface area contributed by atoms with Crippen molar-refractivity contribution in [2.75, 3.05) is 4.90 Å². The van der Waals surface area contributed by atoms with Gasteiger partial charge in [-0.2, -0.15) is 0 Å². The smallest absolute Gasteiger partial charge is 0.352 e. The van der Waals surface area contributed by atoms with Crippen molar-refractivity contribution in [3.05, 3.63) is 117 Å². The summed E-state index contributed by atoms with van der Waals surface area (Å²) in [6, 6.07) is 15.2. The van der Waals surface area contributed by atoms with Crippen molar-refractivity contribution in [2.45, 2.75) is 41.3 Å². The third kappa shape index (κ3) is 3.35. The third-order valence-electron chi connectivity index (χ3n) is 8.30. The number of allylic oxidation sites excluding steroid dienone is 2. The fourth-order valence-corrected chi connectivity index (χ4v) is 7.30. The molecule has 2 amide bonds. The molecule has 1 aliphatic carbocycles. The highest BCUT2D eigenvalue weighted by molar-refractivity contribution is 6.58. The van der Waals surface area contributed by atoms with Gasteiger partial charge < -0.3 is 9.52 Å². The number of fused-ring (bicyclic) bond motifs is 4. The fourth-order valence-electron chi connectivity index (χ4n) is 6.41. The molecule has 1 N–H and O–H groups in total. The number of carbonyl (C=O) groups is 2. The molecule has 0 unspecified atom stereocenters. The van der Waals surface area contributed by atoms with Crippen LogP contribution in [-0.2, 0) is 22.7 Å². The Bertz CT molecular complexity index is 1930. The number of benzene rings is 2. The van der Waals surface area contributed by atoms with Crippen LogP contribution in [0.4, 0.5) is 10.1 Å². The maximum absolute atomic E-state index is 14.2. The van der Waals surface area contributed by atoms with Crippen LogP contribution in [-0.4, -0.2) is 40.6 Å². The molecule has 0 radical (unpaired) electrons. The van der Waals surface area contributed by atoms with E-state index in [1.807, 2.05) is 0 Å². The number of rotatable bonds is 4. The van der Waals surface area contributed by atoms with Gasteiger partial charge in [-0.15, -0.1) is 23.2 Å². The first-order valence-corrected chi connectivity index (χ1v) is 13.8. The van der Waals surface area contributed by atoms with E-state index in [9.17, 15) is 28.7 Å². The Morgan fingerprint density at radius 1 is 0.905 bits per heavy atom. The summed E-state index contributed by atoms with van der Waals surface area (Å²) in [5, 5.41) is 9.69. The number of halogens is 3. The Labute approximate surface area is 246 Å². The van der Waals surface area contributed by atoms with E-state index in [0.717, 1.165) is 21.6 Å². The van der Waals surface area contributed by atoms with Gasteiger partial charge in [-0.05, 0) is 54.1 Å². The summed E-state index contributed by atoms with van der Waals surface area (Å²) in [6.45, 7) is -0.472. The highest BCUT2D eigenvalue weighted by Gasteiger charge is 2.76. The van der Waals surface area contributed by atoms with Crippen LogP contribution in [0, 0.1) is 5.82 Å². The Morgan fingerprint density at radius 2 is 1.62 bits per heavy atom. The number of alkyl halides is 2. The summed E-state index contributed by atoms with van der Waals surface area (Å²) in [7, 11) is 0. The first-order valence-electron chi connectivity index (χ1n) is 13.0. The number of hydrogen-bond acceptors (Lipinski definition) is 6. The van der Waals surface area contributed by atoms with Gasteiger partial charge in [0.15, 0.2) is 9.75 Å². The monoisotopic (exact) mass is 610 g/mol. The molecule has 0 spiro atoms. The van der Waals surface area contributed by atoms with Crippen molar-refractivity contribution in [3.63, 3.8) is 0 Å². The molecule has 214 valence electrons. The second-order valence-electron chi connectivity index (χ2n) is 10.4. The molecule has 10 nitrogen and oxygen atoms in total. The Balaban J connectivity index is 1.46. The van der Waals surface area contributed by atoms with Gasteiger partial charge in [0.2, 0.25) is 0 Å². The highest BCUT2D eigenvalue weighted by Crippen LogP contribution is 2.63. The average Bonchev–Trinajstić information content (AvgIpc) is 3.60. The predicted molar refractivity (Wildman–Crippen MR) is 149 cm³/mol. The first-order chi connectivity index (χ1) is 20.1. The van der Waals surface area contributed by atoms with Crippen molar-refractivity contribution < 1.29 is 23.5 Å². The zero-order valence-electron chi connectivity index (χ0n) is 21.6. The number of nitrogens with zero attached hydrogens (tertiary/aromatic N) is 4. The van der Waals surface area contributed by atoms with Gasteiger partial charge in [-0.1, -0.05) is 24.3 Å². The molecular weight excluding hydrogens is 590 g/mol. The molecule has 2 aromatic heterocycles. The van der Waals surface area contributed by atoms with E-state index < -0.39 is 57.3 Å². The van der Waals surface area contributed by atoms with Crippen LogP contribution < -0.4 is 16.3 Å². The van der Waals surface area contributed by atoms with E-state index in [0.29, 0.717) is 11.3 Å². The zero-order valence-corrected chi connectivity index (χ0v) is 23.1. The molecule has 3 aliphatic rings. The lowest BCUT2D eigenvalue weighted by Gasteiger charge is -2.48. The van der Waals surface area contributed by atoms with E-state index in [2.05, 4.69) is 0 Å². The molecule has 0 bridgehead atoms. The summed E-state index contributed by atoms with van der Waals surface area (Å²) >= 11 is 14.4. The molecule has 13 heteroatoms. The molecule has 4 atom stereocenters. The van der Waals surface area contributed by atoms with Gasteiger partial charge in [0, 0.05) is 6.42 Å². The van der Waals surface area contributed by atoms with E-state index in [4.69, 9.17) is 27.6 Å². The van der Waals surface area contributed by atoms with Crippen molar-refractivity contribution >= 4 is 40.7 Å². The topological polar surface area (TPSA) is 120 Å². The number of hydrogen-bond donors (Lipinski definition) is 1. The molecule has 2 aliphatic heterocycles. The lowest BCUT2D eigenvalue weighted by Crippen LogP contribution is -2.59. The number of furan rings is 1. The van der Waals surface area contributed by atoms with Crippen LogP contribution >= 0.6 is 23.2 Å². The number of aliphatic hydroxyl groups is 1. The van der Waals surface area contributed by atoms with E-state index in [-0.39, 0.29) is 30.2 Å². The second-order valence-corrected chi connectivity index (χ2v) is 11.7. The second kappa shape index (κ2) is 9.15. The van der Waals surface area contributed by atoms with E-state index in [1.165, 1.54) is 33.6 Å². The van der Waals surface area contributed by atoms with Crippen LogP contribution in [0.1, 0.15) is 29.9 Å². The quantitative estimate of drug-likeness (QED) is 0.215. The molecule has 7 rings (SSSR count). The zero-order chi connectivity index (χ0) is 29.6. The van der Waals surface area contributed by atoms with Gasteiger partial charge in [0.1, 0.15) is 23.9 Å². The van der Waals surface area contributed by atoms with Crippen LogP contribution in [0.2, 0.25) is 0 Å². The maximum atomic E-state index is 14.2. The SMILES string of the molecule is O=C1N(c2ccc(F)cc2)C(=O)[C@@]2(Cl)[C@@H](c3ccc(CO)o3)C3=CCn4c(=O)n(-c5ccccc5)c(=O)n4[C@@H]3C[C@@]12Cl. The first kappa shape index (κ1) is 26.7. The van der Waals surface area contributed by atoms with Crippen molar-refractivity contribution in [2.24, 2.45) is 0 Å². The minimum atomic E-state index is -2.14. The van der Waals surface area contributed by atoms with Gasteiger partial charge in [0.25, 0.3) is 11.8 Å². The summed E-state index contributed by atoms with van der Waals surface area (Å²) < 4.78 is 23.1. The molecule has 4 aromatic rings. The minimum absolute atomic E-state index is 0.0319. The number of carbonyl (C=O) groups excluding carboxylic acids is 2. The van der Waals surface area contributed by atoms with Gasteiger partial charge in [-0.3, -0.25) is 9.59 Å². The van der Waals surface area contributed by atoms with Gasteiger partial charge in [-0.25, -0.2) is 32.8 Å². The highest BCUT2D eigenvalue weighted by atomic mass is 35.5.